The molecule has 0 bridgehead atoms. The van der Waals surface area contributed by atoms with E-state index in [4.69, 9.17) is 0 Å². The highest BCUT2D eigenvalue weighted by Crippen LogP contribution is 2.24. The molecule has 0 radical (unpaired) electrons. The Morgan fingerprint density at radius 2 is 1.93 bits per heavy atom. The second-order valence-corrected chi connectivity index (χ2v) is 7.24. The Labute approximate surface area is 169 Å². The standard InChI is InChI=1S/C20H16FN5O2S/c1-12-4-2-3-5-15(12)19-23-16-10-17(27)25-26(16)20(24-19)29-11-18(28)22-14-8-6-13(21)7-9-14/h2-10H,11H2,1H3,(H,22,28)(H,25,27). The van der Waals surface area contributed by atoms with Crippen molar-refractivity contribution in [1.82, 2.24) is 19.6 Å². The summed E-state index contributed by atoms with van der Waals surface area (Å²) in [5.74, 6) is -0.124. The Morgan fingerprint density at radius 3 is 2.69 bits per heavy atom. The SMILES string of the molecule is Cc1ccccc1-c1nc(SCC(=O)Nc2ccc(F)cc2)n2[nH]c(=O)cc2n1. The average Bonchev–Trinajstić information content (AvgIpc) is 3.08. The van der Waals surface area contributed by atoms with Crippen LogP contribution in [-0.2, 0) is 4.79 Å². The van der Waals surface area contributed by atoms with E-state index in [2.05, 4.69) is 20.4 Å². The Kier molecular flexibility index (Phi) is 5.13. The van der Waals surface area contributed by atoms with Gasteiger partial charge in [0.05, 0.1) is 5.75 Å². The van der Waals surface area contributed by atoms with Crippen LogP contribution in [0.15, 0.2) is 64.5 Å². The summed E-state index contributed by atoms with van der Waals surface area (Å²) in [4.78, 5) is 33.1. The molecule has 9 heteroatoms. The minimum absolute atomic E-state index is 0.0525. The topological polar surface area (TPSA) is 92.2 Å². The number of aromatic amines is 1. The van der Waals surface area contributed by atoms with Crippen LogP contribution in [-0.4, -0.2) is 31.2 Å². The lowest BCUT2D eigenvalue weighted by Gasteiger charge is -2.09. The van der Waals surface area contributed by atoms with Crippen molar-refractivity contribution in [3.8, 4) is 11.4 Å². The molecule has 2 N–H and O–H groups in total. The molecule has 4 aromatic rings. The predicted octanol–water partition coefficient (Wildman–Crippen LogP) is 3.26. The van der Waals surface area contributed by atoms with Crippen LogP contribution in [0.3, 0.4) is 0 Å². The van der Waals surface area contributed by atoms with E-state index in [9.17, 15) is 14.0 Å². The van der Waals surface area contributed by atoms with Gasteiger partial charge in [-0.3, -0.25) is 14.7 Å². The fourth-order valence-electron chi connectivity index (χ4n) is 2.79. The van der Waals surface area contributed by atoms with Crippen molar-refractivity contribution in [3.05, 3.63) is 76.3 Å². The largest absolute Gasteiger partial charge is 0.325 e. The Bertz CT molecular complexity index is 1250. The van der Waals surface area contributed by atoms with Crippen LogP contribution in [0.4, 0.5) is 10.1 Å². The summed E-state index contributed by atoms with van der Waals surface area (Å²) < 4.78 is 14.4. The zero-order chi connectivity index (χ0) is 20.4. The number of rotatable bonds is 5. The number of halogens is 1. The van der Waals surface area contributed by atoms with Gasteiger partial charge >= 0.3 is 0 Å². The van der Waals surface area contributed by atoms with Crippen molar-refractivity contribution < 1.29 is 9.18 Å². The van der Waals surface area contributed by atoms with Gasteiger partial charge in [-0.1, -0.05) is 36.0 Å². The zero-order valence-electron chi connectivity index (χ0n) is 15.3. The van der Waals surface area contributed by atoms with Gasteiger partial charge in [-0.25, -0.2) is 18.9 Å². The van der Waals surface area contributed by atoms with Gasteiger partial charge in [0.25, 0.3) is 5.56 Å². The third-order valence-corrected chi connectivity index (χ3v) is 5.11. The summed E-state index contributed by atoms with van der Waals surface area (Å²) >= 11 is 1.16. The lowest BCUT2D eigenvalue weighted by Crippen LogP contribution is -2.15. The quantitative estimate of drug-likeness (QED) is 0.494. The number of carbonyl (C=O) groups is 1. The normalized spacial score (nSPS) is 11.0. The molecule has 0 spiro atoms. The van der Waals surface area contributed by atoms with E-state index < -0.39 is 0 Å². The first-order valence-corrected chi connectivity index (χ1v) is 9.72. The molecule has 2 aromatic carbocycles. The molecule has 1 amide bonds. The first-order chi connectivity index (χ1) is 14.0. The van der Waals surface area contributed by atoms with E-state index in [1.165, 1.54) is 34.8 Å². The van der Waals surface area contributed by atoms with E-state index in [0.717, 1.165) is 22.9 Å². The fraction of sp³-hybridized carbons (Fsp3) is 0.100. The van der Waals surface area contributed by atoms with Crippen molar-refractivity contribution in [2.24, 2.45) is 0 Å². The minimum atomic E-state index is -0.374. The van der Waals surface area contributed by atoms with Crippen LogP contribution < -0.4 is 10.9 Å². The summed E-state index contributed by atoms with van der Waals surface area (Å²) in [5.41, 5.74) is 2.46. The molecule has 0 saturated carbocycles. The Balaban J connectivity index is 1.60. The number of amides is 1. The highest BCUT2D eigenvalue weighted by atomic mass is 32.2. The number of thioether (sulfide) groups is 1. The molecule has 146 valence electrons. The molecular weight excluding hydrogens is 393 g/mol. The maximum absolute atomic E-state index is 13.0. The first kappa shape index (κ1) is 18.9. The monoisotopic (exact) mass is 409 g/mol. The minimum Gasteiger partial charge on any atom is -0.325 e. The van der Waals surface area contributed by atoms with E-state index in [0.29, 0.717) is 22.3 Å². The number of carbonyl (C=O) groups excluding carboxylic acids is 1. The van der Waals surface area contributed by atoms with Gasteiger partial charge in [0.15, 0.2) is 16.6 Å². The van der Waals surface area contributed by atoms with Crippen molar-refractivity contribution in [2.45, 2.75) is 12.1 Å². The lowest BCUT2D eigenvalue weighted by molar-refractivity contribution is -0.113. The number of benzene rings is 2. The number of hydrogen-bond acceptors (Lipinski definition) is 5. The van der Waals surface area contributed by atoms with Gasteiger partial charge in [0.2, 0.25) is 5.91 Å². The van der Waals surface area contributed by atoms with Crippen molar-refractivity contribution in [1.29, 1.82) is 0 Å². The average molecular weight is 409 g/mol. The molecular formula is C20H16FN5O2S. The van der Waals surface area contributed by atoms with Gasteiger partial charge in [0, 0.05) is 17.3 Å². The molecule has 0 saturated heterocycles. The van der Waals surface area contributed by atoms with Gasteiger partial charge in [0.1, 0.15) is 5.82 Å². The van der Waals surface area contributed by atoms with Crippen LogP contribution in [0.25, 0.3) is 17.0 Å². The molecule has 0 aliphatic carbocycles. The van der Waals surface area contributed by atoms with Crippen LogP contribution in [0.1, 0.15) is 5.56 Å². The van der Waals surface area contributed by atoms with E-state index in [-0.39, 0.29) is 23.0 Å². The van der Waals surface area contributed by atoms with Crippen LogP contribution in [0.2, 0.25) is 0 Å². The molecule has 0 aliphatic rings. The number of anilines is 1. The number of H-pyrrole nitrogens is 1. The first-order valence-electron chi connectivity index (χ1n) is 8.73. The maximum atomic E-state index is 13.0. The molecule has 2 heterocycles. The molecule has 4 rings (SSSR count). The van der Waals surface area contributed by atoms with Gasteiger partial charge in [-0.15, -0.1) is 0 Å². The Morgan fingerprint density at radius 1 is 1.17 bits per heavy atom. The smallest absolute Gasteiger partial charge is 0.266 e. The molecule has 7 nitrogen and oxygen atoms in total. The highest BCUT2D eigenvalue weighted by molar-refractivity contribution is 7.99. The summed E-state index contributed by atoms with van der Waals surface area (Å²) in [6.07, 6.45) is 0. The number of nitrogens with zero attached hydrogens (tertiary/aromatic N) is 3. The molecule has 0 fully saturated rings. The van der Waals surface area contributed by atoms with Crippen molar-refractivity contribution in [2.75, 3.05) is 11.1 Å². The predicted molar refractivity (Wildman–Crippen MR) is 110 cm³/mol. The van der Waals surface area contributed by atoms with E-state index in [1.54, 1.807) is 0 Å². The fourth-order valence-corrected chi connectivity index (χ4v) is 3.54. The van der Waals surface area contributed by atoms with Gasteiger partial charge in [-0.2, -0.15) is 0 Å². The van der Waals surface area contributed by atoms with Crippen LogP contribution in [0.5, 0.6) is 0 Å². The second-order valence-electron chi connectivity index (χ2n) is 6.30. The number of nitrogens with one attached hydrogen (secondary N) is 2. The summed E-state index contributed by atoms with van der Waals surface area (Å²) in [6.45, 7) is 1.95. The van der Waals surface area contributed by atoms with Crippen LogP contribution >= 0.6 is 11.8 Å². The second kappa shape index (κ2) is 7.88. The Hall–Kier alpha value is -3.46. The third kappa shape index (κ3) is 4.19. The maximum Gasteiger partial charge on any atom is 0.266 e. The van der Waals surface area contributed by atoms with Crippen molar-refractivity contribution >= 4 is 29.0 Å². The molecule has 0 aliphatic heterocycles. The van der Waals surface area contributed by atoms with E-state index in [1.807, 2.05) is 31.2 Å². The van der Waals surface area contributed by atoms with Gasteiger partial charge in [-0.05, 0) is 36.8 Å². The summed E-state index contributed by atoms with van der Waals surface area (Å²) in [5, 5.41) is 5.77. The third-order valence-electron chi connectivity index (χ3n) is 4.17. The molecule has 0 atom stereocenters. The molecule has 0 unspecified atom stereocenters. The summed E-state index contributed by atoms with van der Waals surface area (Å²) in [7, 11) is 0. The van der Waals surface area contributed by atoms with Crippen molar-refractivity contribution in [3.63, 3.8) is 0 Å². The van der Waals surface area contributed by atoms with Crippen LogP contribution in [0, 0.1) is 12.7 Å². The van der Waals surface area contributed by atoms with E-state index >= 15 is 0 Å². The zero-order valence-corrected chi connectivity index (χ0v) is 16.2. The van der Waals surface area contributed by atoms with Gasteiger partial charge < -0.3 is 5.32 Å². The highest BCUT2D eigenvalue weighted by Gasteiger charge is 2.14. The number of hydrogen-bond donors (Lipinski definition) is 2. The summed E-state index contributed by atoms with van der Waals surface area (Å²) in [6, 6.07) is 14.6. The molecule has 2 aromatic heterocycles. The number of aryl methyl sites for hydroxylation is 1. The number of aromatic nitrogens is 4. The number of fused-ring (bicyclic) bond motifs is 1. The molecule has 29 heavy (non-hydrogen) atoms. The lowest BCUT2D eigenvalue weighted by atomic mass is 10.1.